The average molecular weight is 439 g/mol. The Bertz CT molecular complexity index is 1150. The van der Waals surface area contributed by atoms with E-state index < -0.39 is 27.1 Å². The van der Waals surface area contributed by atoms with E-state index in [0.29, 0.717) is 0 Å². The van der Waals surface area contributed by atoms with Gasteiger partial charge in [-0.25, -0.2) is 0 Å². The summed E-state index contributed by atoms with van der Waals surface area (Å²) in [5.41, 5.74) is 0.594. The van der Waals surface area contributed by atoms with E-state index in [4.69, 9.17) is 4.42 Å². The molecule has 0 aliphatic rings. The summed E-state index contributed by atoms with van der Waals surface area (Å²) in [5, 5.41) is 30.0. The van der Waals surface area contributed by atoms with Crippen molar-refractivity contribution >= 4 is 17.3 Å². The van der Waals surface area contributed by atoms with Gasteiger partial charge in [-0.2, -0.15) is 0 Å². The Labute approximate surface area is 183 Å². The Hall–Kier alpha value is -4.15. The number of aromatic nitrogens is 2. The van der Waals surface area contributed by atoms with Crippen LogP contribution in [0.1, 0.15) is 42.6 Å². The van der Waals surface area contributed by atoms with Crippen LogP contribution in [0.15, 0.2) is 46.9 Å². The van der Waals surface area contributed by atoms with Gasteiger partial charge in [0.1, 0.15) is 0 Å². The van der Waals surface area contributed by atoms with Gasteiger partial charge in [-0.15, -0.1) is 10.2 Å². The van der Waals surface area contributed by atoms with Crippen LogP contribution in [0, 0.1) is 20.2 Å². The van der Waals surface area contributed by atoms with Gasteiger partial charge in [-0.1, -0.05) is 32.9 Å². The molecule has 1 heterocycles. The summed E-state index contributed by atoms with van der Waals surface area (Å²) in [5.74, 6) is -0.228. The van der Waals surface area contributed by atoms with Crippen molar-refractivity contribution in [3.63, 3.8) is 0 Å². The second-order valence-corrected chi connectivity index (χ2v) is 8.24. The van der Waals surface area contributed by atoms with Crippen molar-refractivity contribution in [2.75, 3.05) is 7.05 Å². The Morgan fingerprint density at radius 1 is 1.00 bits per heavy atom. The van der Waals surface area contributed by atoms with E-state index in [-0.39, 0.29) is 29.3 Å². The molecule has 11 nitrogen and oxygen atoms in total. The predicted octanol–water partition coefficient (Wildman–Crippen LogP) is 4.12. The van der Waals surface area contributed by atoms with Crippen molar-refractivity contribution in [1.82, 2.24) is 15.1 Å². The number of carbonyl (C=O) groups is 1. The number of benzene rings is 2. The van der Waals surface area contributed by atoms with Crippen LogP contribution < -0.4 is 0 Å². The molecule has 2 aromatic carbocycles. The minimum Gasteiger partial charge on any atom is -0.419 e. The average Bonchev–Trinajstić information content (AvgIpc) is 3.20. The van der Waals surface area contributed by atoms with E-state index in [1.165, 1.54) is 11.9 Å². The maximum Gasteiger partial charge on any atom is 0.277 e. The molecule has 0 fully saturated rings. The van der Waals surface area contributed by atoms with Crippen LogP contribution in [-0.2, 0) is 12.0 Å². The number of nitrogens with zero attached hydrogens (tertiary/aromatic N) is 5. The quantitative estimate of drug-likeness (QED) is 0.412. The van der Waals surface area contributed by atoms with Crippen LogP contribution in [0.2, 0.25) is 0 Å². The fraction of sp³-hybridized carbons (Fsp3) is 0.286. The van der Waals surface area contributed by atoms with Crippen LogP contribution in [0.3, 0.4) is 0 Å². The summed E-state index contributed by atoms with van der Waals surface area (Å²) in [7, 11) is 1.43. The topological polar surface area (TPSA) is 146 Å². The molecular formula is C21H21N5O6. The van der Waals surface area contributed by atoms with Gasteiger partial charge < -0.3 is 9.32 Å². The standard InChI is InChI=1S/C21H21N5O6/c1-21(2,3)15-7-5-13(6-8-15)19-23-22-18(32-19)12-24(4)20(27)14-9-16(25(28)29)11-17(10-14)26(30)31/h5-11H,12H2,1-4H3. The highest BCUT2D eigenvalue weighted by atomic mass is 16.6. The van der Waals surface area contributed by atoms with Gasteiger partial charge in [0.25, 0.3) is 17.3 Å². The van der Waals surface area contributed by atoms with E-state index in [9.17, 15) is 25.0 Å². The number of amides is 1. The fourth-order valence-corrected chi connectivity index (χ4v) is 2.97. The zero-order valence-corrected chi connectivity index (χ0v) is 17.9. The molecule has 0 N–H and O–H groups in total. The number of nitro benzene ring substituents is 2. The number of carbonyl (C=O) groups excluding carboxylic acids is 1. The molecule has 11 heteroatoms. The third-order valence-electron chi connectivity index (χ3n) is 4.75. The van der Waals surface area contributed by atoms with Crippen molar-refractivity contribution in [2.24, 2.45) is 0 Å². The minimum atomic E-state index is -0.793. The Morgan fingerprint density at radius 2 is 1.56 bits per heavy atom. The lowest BCUT2D eigenvalue weighted by molar-refractivity contribution is -0.394. The first kappa shape index (κ1) is 22.5. The van der Waals surface area contributed by atoms with E-state index >= 15 is 0 Å². The van der Waals surface area contributed by atoms with Crippen LogP contribution in [0.5, 0.6) is 0 Å². The summed E-state index contributed by atoms with van der Waals surface area (Å²) in [6.45, 7) is 6.24. The third kappa shape index (κ3) is 4.94. The SMILES string of the molecule is CN(Cc1nnc(-c2ccc(C(C)(C)C)cc2)o1)C(=O)c1cc([N+](=O)[O-])cc([N+](=O)[O-])c1. The first-order valence-corrected chi connectivity index (χ1v) is 9.58. The van der Waals surface area contributed by atoms with Crippen LogP contribution in [-0.4, -0.2) is 37.9 Å². The van der Waals surface area contributed by atoms with Gasteiger partial charge in [0.05, 0.1) is 28.0 Å². The van der Waals surface area contributed by atoms with E-state index in [1.807, 2.05) is 24.3 Å². The third-order valence-corrected chi connectivity index (χ3v) is 4.75. The van der Waals surface area contributed by atoms with Crippen LogP contribution in [0.25, 0.3) is 11.5 Å². The van der Waals surface area contributed by atoms with Gasteiger partial charge in [-0.3, -0.25) is 25.0 Å². The van der Waals surface area contributed by atoms with Crippen LogP contribution in [0.4, 0.5) is 11.4 Å². The summed E-state index contributed by atoms with van der Waals surface area (Å²) >= 11 is 0. The number of rotatable bonds is 6. The molecule has 1 aromatic heterocycles. The van der Waals surface area contributed by atoms with Gasteiger partial charge in [0, 0.05) is 24.7 Å². The largest absolute Gasteiger partial charge is 0.419 e. The molecule has 0 saturated heterocycles. The van der Waals surface area contributed by atoms with E-state index in [0.717, 1.165) is 29.3 Å². The Balaban J connectivity index is 1.78. The fourth-order valence-electron chi connectivity index (χ4n) is 2.97. The summed E-state index contributed by atoms with van der Waals surface area (Å²) in [4.78, 5) is 34.4. The second-order valence-electron chi connectivity index (χ2n) is 8.24. The lowest BCUT2D eigenvalue weighted by Gasteiger charge is -2.18. The van der Waals surface area contributed by atoms with Crippen molar-refractivity contribution < 1.29 is 19.1 Å². The smallest absolute Gasteiger partial charge is 0.277 e. The second kappa shape index (κ2) is 8.53. The molecule has 3 aromatic rings. The summed E-state index contributed by atoms with van der Waals surface area (Å²) in [6.07, 6.45) is 0. The van der Waals surface area contributed by atoms with E-state index in [1.54, 1.807) is 0 Å². The molecule has 0 spiro atoms. The zero-order chi connectivity index (χ0) is 23.6. The Kier molecular flexibility index (Phi) is 6.01. The van der Waals surface area contributed by atoms with Gasteiger partial charge >= 0.3 is 0 Å². The number of hydrogen-bond donors (Lipinski definition) is 0. The molecular weight excluding hydrogens is 418 g/mol. The molecule has 0 atom stereocenters. The highest BCUT2D eigenvalue weighted by molar-refractivity contribution is 5.95. The molecule has 0 radical (unpaired) electrons. The van der Waals surface area contributed by atoms with Gasteiger partial charge in [0.2, 0.25) is 11.8 Å². The maximum atomic E-state index is 12.7. The van der Waals surface area contributed by atoms with Crippen molar-refractivity contribution in [2.45, 2.75) is 32.7 Å². The Morgan fingerprint density at radius 3 is 2.06 bits per heavy atom. The van der Waals surface area contributed by atoms with Gasteiger partial charge in [-0.05, 0) is 23.1 Å². The van der Waals surface area contributed by atoms with Crippen molar-refractivity contribution in [3.8, 4) is 11.5 Å². The zero-order valence-electron chi connectivity index (χ0n) is 17.9. The lowest BCUT2D eigenvalue weighted by atomic mass is 9.87. The molecule has 0 aliphatic heterocycles. The maximum absolute atomic E-state index is 12.7. The molecule has 0 unspecified atom stereocenters. The first-order valence-electron chi connectivity index (χ1n) is 9.58. The molecule has 32 heavy (non-hydrogen) atoms. The molecule has 3 rings (SSSR count). The number of non-ortho nitro benzene ring substituents is 2. The molecule has 0 aliphatic carbocycles. The first-order chi connectivity index (χ1) is 15.0. The molecule has 166 valence electrons. The predicted molar refractivity (Wildman–Crippen MR) is 114 cm³/mol. The number of nitro groups is 2. The normalized spacial score (nSPS) is 11.2. The molecule has 0 bridgehead atoms. The molecule has 0 saturated carbocycles. The highest BCUT2D eigenvalue weighted by Gasteiger charge is 2.23. The lowest BCUT2D eigenvalue weighted by Crippen LogP contribution is -2.26. The van der Waals surface area contributed by atoms with Gasteiger partial charge in [0.15, 0.2) is 0 Å². The van der Waals surface area contributed by atoms with Crippen LogP contribution >= 0.6 is 0 Å². The summed E-state index contributed by atoms with van der Waals surface area (Å²) in [6, 6.07) is 10.5. The highest BCUT2D eigenvalue weighted by Crippen LogP contribution is 2.26. The van der Waals surface area contributed by atoms with E-state index in [2.05, 4.69) is 31.0 Å². The minimum absolute atomic E-state index is 0.00317. The van der Waals surface area contributed by atoms with Crippen molar-refractivity contribution in [3.05, 3.63) is 79.7 Å². The van der Waals surface area contributed by atoms with Crippen molar-refractivity contribution in [1.29, 1.82) is 0 Å². The monoisotopic (exact) mass is 439 g/mol. The number of hydrogen-bond acceptors (Lipinski definition) is 8. The molecule has 1 amide bonds. The summed E-state index contributed by atoms with van der Waals surface area (Å²) < 4.78 is 5.64.